The van der Waals surface area contributed by atoms with E-state index in [2.05, 4.69) is 12.2 Å². The summed E-state index contributed by atoms with van der Waals surface area (Å²) in [5, 5.41) is 12.0. The molecule has 2 N–H and O–H groups in total. The molecule has 3 rings (SSSR count). The molecule has 0 radical (unpaired) electrons. The van der Waals surface area contributed by atoms with Crippen LogP contribution in [0.3, 0.4) is 0 Å². The molecule has 2 aliphatic rings. The zero-order valence-electron chi connectivity index (χ0n) is 12.2. The van der Waals surface area contributed by atoms with Crippen LogP contribution < -0.4 is 10.1 Å². The van der Waals surface area contributed by atoms with Crippen LogP contribution in [0.15, 0.2) is 18.2 Å². The monoisotopic (exact) mass is 289 g/mol. The lowest BCUT2D eigenvalue weighted by atomic mass is 9.76. The topological polar surface area (TPSA) is 75.6 Å². The SMILES string of the molecule is CC1Oc2c(C(=O)NC3(C(=O)O)CCC3)cccc2C1C. The summed E-state index contributed by atoms with van der Waals surface area (Å²) < 4.78 is 5.79. The molecule has 1 saturated carbocycles. The lowest BCUT2D eigenvalue weighted by Crippen LogP contribution is -2.59. The van der Waals surface area contributed by atoms with Crippen molar-refractivity contribution in [3.05, 3.63) is 29.3 Å². The number of hydrogen-bond donors (Lipinski definition) is 2. The van der Waals surface area contributed by atoms with Gasteiger partial charge in [-0.3, -0.25) is 4.79 Å². The molecule has 1 aromatic carbocycles. The Morgan fingerprint density at radius 3 is 2.62 bits per heavy atom. The van der Waals surface area contributed by atoms with Gasteiger partial charge in [0, 0.05) is 11.5 Å². The number of rotatable bonds is 3. The molecule has 1 aromatic rings. The van der Waals surface area contributed by atoms with Crippen LogP contribution >= 0.6 is 0 Å². The fraction of sp³-hybridized carbons (Fsp3) is 0.500. The molecule has 2 atom stereocenters. The van der Waals surface area contributed by atoms with E-state index in [1.165, 1.54) is 0 Å². The summed E-state index contributed by atoms with van der Waals surface area (Å²) in [5.41, 5.74) is 0.333. The van der Waals surface area contributed by atoms with E-state index in [9.17, 15) is 14.7 Å². The van der Waals surface area contributed by atoms with Crippen LogP contribution in [0.5, 0.6) is 5.75 Å². The summed E-state index contributed by atoms with van der Waals surface area (Å²) >= 11 is 0. The molecule has 0 bridgehead atoms. The standard InChI is InChI=1S/C16H19NO4/c1-9-10(2)21-13-11(9)5-3-6-12(13)14(18)17-16(15(19)20)7-4-8-16/h3,5-6,9-10H,4,7-8H2,1-2H3,(H,17,18)(H,19,20). The first-order valence-corrected chi connectivity index (χ1v) is 7.30. The maximum absolute atomic E-state index is 12.5. The van der Waals surface area contributed by atoms with Crippen LogP contribution in [0.2, 0.25) is 0 Å². The molecule has 1 aliphatic carbocycles. The third-order valence-corrected chi connectivity index (χ3v) is 4.76. The third-order valence-electron chi connectivity index (χ3n) is 4.76. The van der Waals surface area contributed by atoms with Gasteiger partial charge in [0.25, 0.3) is 5.91 Å². The second-order valence-corrected chi connectivity index (χ2v) is 6.03. The van der Waals surface area contributed by atoms with Crippen molar-refractivity contribution in [3.8, 4) is 5.75 Å². The fourth-order valence-corrected chi connectivity index (χ4v) is 2.97. The molecule has 1 fully saturated rings. The van der Waals surface area contributed by atoms with Gasteiger partial charge in [-0.15, -0.1) is 0 Å². The maximum Gasteiger partial charge on any atom is 0.329 e. The largest absolute Gasteiger partial charge is 0.489 e. The smallest absolute Gasteiger partial charge is 0.329 e. The van der Waals surface area contributed by atoms with E-state index in [1.807, 2.05) is 19.1 Å². The number of nitrogens with one attached hydrogen (secondary N) is 1. The summed E-state index contributed by atoms with van der Waals surface area (Å²) in [6.45, 7) is 4.03. The molecule has 21 heavy (non-hydrogen) atoms. The Bertz CT molecular complexity index is 606. The minimum absolute atomic E-state index is 0.0195. The predicted molar refractivity (Wildman–Crippen MR) is 76.6 cm³/mol. The third kappa shape index (κ3) is 2.07. The number of fused-ring (bicyclic) bond motifs is 1. The van der Waals surface area contributed by atoms with E-state index >= 15 is 0 Å². The summed E-state index contributed by atoms with van der Waals surface area (Å²) in [6, 6.07) is 5.46. The molecular weight excluding hydrogens is 270 g/mol. The Hall–Kier alpha value is -2.04. The predicted octanol–water partition coefficient (Wildman–Crippen LogP) is 2.31. The lowest BCUT2D eigenvalue weighted by Gasteiger charge is -2.38. The van der Waals surface area contributed by atoms with Crippen molar-refractivity contribution < 1.29 is 19.4 Å². The minimum Gasteiger partial charge on any atom is -0.489 e. The van der Waals surface area contributed by atoms with Crippen LogP contribution in [0, 0.1) is 0 Å². The molecule has 5 heteroatoms. The number of aliphatic carboxylic acids is 1. The first-order valence-electron chi connectivity index (χ1n) is 7.30. The van der Waals surface area contributed by atoms with Gasteiger partial charge in [0.15, 0.2) is 0 Å². The second kappa shape index (κ2) is 4.76. The fourth-order valence-electron chi connectivity index (χ4n) is 2.97. The molecule has 0 aromatic heterocycles. The van der Waals surface area contributed by atoms with Gasteiger partial charge in [-0.05, 0) is 32.3 Å². The number of benzene rings is 1. The maximum atomic E-state index is 12.5. The van der Waals surface area contributed by atoms with Crippen LogP contribution in [-0.4, -0.2) is 28.6 Å². The molecule has 1 amide bonds. The first kappa shape index (κ1) is 13.9. The van der Waals surface area contributed by atoms with Crippen molar-refractivity contribution >= 4 is 11.9 Å². The zero-order valence-corrected chi connectivity index (χ0v) is 12.2. The number of carbonyl (C=O) groups excluding carboxylic acids is 1. The van der Waals surface area contributed by atoms with E-state index in [0.29, 0.717) is 24.2 Å². The average molecular weight is 289 g/mol. The number of amides is 1. The number of carboxylic acids is 1. The van der Waals surface area contributed by atoms with E-state index in [1.54, 1.807) is 6.07 Å². The number of carbonyl (C=O) groups is 2. The number of para-hydroxylation sites is 1. The van der Waals surface area contributed by atoms with Crippen molar-refractivity contribution in [1.29, 1.82) is 0 Å². The summed E-state index contributed by atoms with van der Waals surface area (Å²) in [6.07, 6.45) is 1.81. The minimum atomic E-state index is -1.10. The van der Waals surface area contributed by atoms with E-state index in [-0.39, 0.29) is 17.9 Å². The number of hydrogen-bond acceptors (Lipinski definition) is 3. The normalized spacial score (nSPS) is 25.4. The van der Waals surface area contributed by atoms with Gasteiger partial charge >= 0.3 is 5.97 Å². The van der Waals surface area contributed by atoms with Gasteiger partial charge < -0.3 is 15.2 Å². The molecule has 112 valence electrons. The summed E-state index contributed by atoms with van der Waals surface area (Å²) in [4.78, 5) is 23.8. The second-order valence-electron chi connectivity index (χ2n) is 6.03. The van der Waals surface area contributed by atoms with Crippen molar-refractivity contribution in [2.75, 3.05) is 0 Å². The first-order chi connectivity index (χ1) is 9.94. The zero-order chi connectivity index (χ0) is 15.2. The molecule has 5 nitrogen and oxygen atoms in total. The van der Waals surface area contributed by atoms with Crippen LogP contribution in [0.4, 0.5) is 0 Å². The highest BCUT2D eigenvalue weighted by Crippen LogP contribution is 2.41. The van der Waals surface area contributed by atoms with Gasteiger partial charge in [0.2, 0.25) is 0 Å². The molecule has 2 unspecified atom stereocenters. The number of ether oxygens (including phenoxy) is 1. The lowest BCUT2D eigenvalue weighted by molar-refractivity contribution is -0.148. The van der Waals surface area contributed by atoms with Crippen LogP contribution in [0.1, 0.15) is 54.9 Å². The molecule has 0 spiro atoms. The number of carboxylic acid groups (broad SMARTS) is 1. The van der Waals surface area contributed by atoms with Crippen molar-refractivity contribution in [3.63, 3.8) is 0 Å². The Morgan fingerprint density at radius 1 is 1.33 bits per heavy atom. The van der Waals surface area contributed by atoms with Gasteiger partial charge in [-0.2, -0.15) is 0 Å². The van der Waals surface area contributed by atoms with Crippen LogP contribution in [0.25, 0.3) is 0 Å². The van der Waals surface area contributed by atoms with Gasteiger partial charge in [-0.25, -0.2) is 4.79 Å². The Morgan fingerprint density at radius 2 is 2.05 bits per heavy atom. The molecular formula is C16H19NO4. The van der Waals surface area contributed by atoms with Crippen molar-refractivity contribution in [2.45, 2.75) is 50.7 Å². The summed E-state index contributed by atoms with van der Waals surface area (Å²) in [5.74, 6) is -0.507. The highest BCUT2D eigenvalue weighted by molar-refractivity contribution is 6.00. The molecule has 0 saturated heterocycles. The highest BCUT2D eigenvalue weighted by atomic mass is 16.5. The average Bonchev–Trinajstić information content (AvgIpc) is 2.69. The van der Waals surface area contributed by atoms with Gasteiger partial charge in [0.05, 0.1) is 5.56 Å². The Balaban J connectivity index is 1.89. The van der Waals surface area contributed by atoms with Gasteiger partial charge in [0.1, 0.15) is 17.4 Å². The van der Waals surface area contributed by atoms with Crippen molar-refractivity contribution in [1.82, 2.24) is 5.32 Å². The quantitative estimate of drug-likeness (QED) is 0.895. The van der Waals surface area contributed by atoms with Gasteiger partial charge in [-0.1, -0.05) is 19.1 Å². The van der Waals surface area contributed by atoms with E-state index in [4.69, 9.17) is 4.74 Å². The summed E-state index contributed by atoms with van der Waals surface area (Å²) in [7, 11) is 0. The van der Waals surface area contributed by atoms with Crippen LogP contribution in [-0.2, 0) is 4.79 Å². The highest BCUT2D eigenvalue weighted by Gasteiger charge is 2.46. The Kier molecular flexibility index (Phi) is 3.15. The van der Waals surface area contributed by atoms with E-state index in [0.717, 1.165) is 12.0 Å². The van der Waals surface area contributed by atoms with E-state index < -0.39 is 11.5 Å². The van der Waals surface area contributed by atoms with Crippen molar-refractivity contribution in [2.24, 2.45) is 0 Å². The Labute approximate surface area is 123 Å². The molecule has 1 aliphatic heterocycles. The molecule has 1 heterocycles.